The fourth-order valence-electron chi connectivity index (χ4n) is 1.05. The van der Waals surface area contributed by atoms with Crippen molar-refractivity contribution in [2.75, 3.05) is 6.54 Å². The molecule has 0 bridgehead atoms. The standard InChI is InChI=1S/C8H18N2O3/c9-4-2-1-3-6(10)7(11)5-8(12)13/h6-7,11H,1-5,9-10H2,(H,12,13)/t6-,7+/m0/s1. The molecule has 0 aromatic heterocycles. The molecular formula is C8H18N2O3. The molecule has 0 heterocycles. The van der Waals surface area contributed by atoms with Gasteiger partial charge in [0.2, 0.25) is 0 Å². The fourth-order valence-corrected chi connectivity index (χ4v) is 1.05. The third kappa shape index (κ3) is 6.51. The van der Waals surface area contributed by atoms with Crippen molar-refractivity contribution in [3.8, 4) is 0 Å². The largest absolute Gasteiger partial charge is 0.481 e. The number of aliphatic hydroxyl groups excluding tert-OH is 1. The summed E-state index contributed by atoms with van der Waals surface area (Å²) >= 11 is 0. The van der Waals surface area contributed by atoms with E-state index in [2.05, 4.69) is 0 Å². The lowest BCUT2D eigenvalue weighted by molar-refractivity contribution is -0.139. The molecule has 0 aromatic carbocycles. The molecule has 6 N–H and O–H groups in total. The van der Waals surface area contributed by atoms with Gasteiger partial charge in [0.25, 0.3) is 0 Å². The summed E-state index contributed by atoms with van der Waals surface area (Å²) in [6.07, 6.45) is 1.06. The molecular weight excluding hydrogens is 172 g/mol. The Hall–Kier alpha value is -0.650. The Morgan fingerprint density at radius 1 is 1.38 bits per heavy atom. The van der Waals surface area contributed by atoms with E-state index < -0.39 is 18.1 Å². The van der Waals surface area contributed by atoms with Gasteiger partial charge in [-0.25, -0.2) is 0 Å². The Bertz CT molecular complexity index is 152. The zero-order valence-electron chi connectivity index (χ0n) is 7.65. The first kappa shape index (κ1) is 12.3. The average Bonchev–Trinajstić information content (AvgIpc) is 2.03. The average molecular weight is 190 g/mol. The Morgan fingerprint density at radius 3 is 2.46 bits per heavy atom. The summed E-state index contributed by atoms with van der Waals surface area (Å²) in [5.41, 5.74) is 10.8. The van der Waals surface area contributed by atoms with Crippen molar-refractivity contribution in [3.05, 3.63) is 0 Å². The van der Waals surface area contributed by atoms with Crippen molar-refractivity contribution >= 4 is 5.97 Å². The molecule has 2 atom stereocenters. The van der Waals surface area contributed by atoms with Crippen molar-refractivity contribution < 1.29 is 15.0 Å². The van der Waals surface area contributed by atoms with Crippen LogP contribution in [-0.2, 0) is 4.79 Å². The van der Waals surface area contributed by atoms with Crippen molar-refractivity contribution in [2.24, 2.45) is 11.5 Å². The SMILES string of the molecule is NCCCC[C@H](N)[C@H](O)CC(=O)O. The fraction of sp³-hybridized carbons (Fsp3) is 0.875. The molecule has 0 aliphatic rings. The Kier molecular flexibility index (Phi) is 6.48. The van der Waals surface area contributed by atoms with Gasteiger partial charge < -0.3 is 21.7 Å². The first-order chi connectivity index (χ1) is 6.07. The highest BCUT2D eigenvalue weighted by Crippen LogP contribution is 2.05. The molecule has 5 heteroatoms. The smallest absolute Gasteiger partial charge is 0.306 e. The van der Waals surface area contributed by atoms with E-state index in [0.29, 0.717) is 13.0 Å². The number of hydrogen-bond donors (Lipinski definition) is 4. The highest BCUT2D eigenvalue weighted by atomic mass is 16.4. The van der Waals surface area contributed by atoms with Gasteiger partial charge in [-0.3, -0.25) is 4.79 Å². The second-order valence-corrected chi connectivity index (χ2v) is 3.11. The van der Waals surface area contributed by atoms with E-state index in [1.807, 2.05) is 0 Å². The number of unbranched alkanes of at least 4 members (excludes halogenated alkanes) is 1. The van der Waals surface area contributed by atoms with E-state index in [9.17, 15) is 9.90 Å². The molecule has 0 aromatic rings. The van der Waals surface area contributed by atoms with E-state index in [1.54, 1.807) is 0 Å². The number of hydrogen-bond acceptors (Lipinski definition) is 4. The van der Waals surface area contributed by atoms with Crippen LogP contribution in [0.2, 0.25) is 0 Å². The van der Waals surface area contributed by atoms with Crippen LogP contribution in [0.5, 0.6) is 0 Å². The van der Waals surface area contributed by atoms with Crippen molar-refractivity contribution in [2.45, 2.75) is 37.8 Å². The predicted octanol–water partition coefficient (Wildman–Crippen LogP) is -0.722. The van der Waals surface area contributed by atoms with Gasteiger partial charge >= 0.3 is 5.97 Å². The quantitative estimate of drug-likeness (QED) is 0.396. The maximum Gasteiger partial charge on any atom is 0.306 e. The summed E-state index contributed by atoms with van der Waals surface area (Å²) in [6, 6.07) is -0.456. The lowest BCUT2D eigenvalue weighted by Crippen LogP contribution is -2.36. The minimum atomic E-state index is -1.03. The summed E-state index contributed by atoms with van der Waals surface area (Å²) in [4.78, 5) is 10.2. The van der Waals surface area contributed by atoms with Crippen LogP contribution >= 0.6 is 0 Å². The minimum absolute atomic E-state index is 0.288. The third-order valence-corrected chi connectivity index (χ3v) is 1.87. The van der Waals surface area contributed by atoms with Crippen LogP contribution < -0.4 is 11.5 Å². The van der Waals surface area contributed by atoms with Crippen LogP contribution in [0, 0.1) is 0 Å². The molecule has 0 spiro atoms. The molecule has 0 rings (SSSR count). The molecule has 13 heavy (non-hydrogen) atoms. The summed E-state index contributed by atoms with van der Waals surface area (Å²) in [5.74, 6) is -1.03. The molecule has 78 valence electrons. The number of rotatable bonds is 7. The number of carbonyl (C=O) groups is 1. The highest BCUT2D eigenvalue weighted by Gasteiger charge is 2.17. The minimum Gasteiger partial charge on any atom is -0.481 e. The van der Waals surface area contributed by atoms with Gasteiger partial charge in [-0.05, 0) is 19.4 Å². The topological polar surface area (TPSA) is 110 Å². The molecule has 0 saturated carbocycles. The van der Waals surface area contributed by atoms with Crippen molar-refractivity contribution in [1.82, 2.24) is 0 Å². The van der Waals surface area contributed by atoms with E-state index >= 15 is 0 Å². The first-order valence-corrected chi connectivity index (χ1v) is 4.43. The Morgan fingerprint density at radius 2 is 2.00 bits per heavy atom. The predicted molar refractivity (Wildman–Crippen MR) is 49.1 cm³/mol. The van der Waals surface area contributed by atoms with Gasteiger partial charge in [0.1, 0.15) is 0 Å². The number of nitrogens with two attached hydrogens (primary N) is 2. The molecule has 0 aliphatic carbocycles. The van der Waals surface area contributed by atoms with Crippen LogP contribution in [-0.4, -0.2) is 34.9 Å². The monoisotopic (exact) mass is 190 g/mol. The second kappa shape index (κ2) is 6.82. The van der Waals surface area contributed by atoms with Crippen LogP contribution in [0.1, 0.15) is 25.7 Å². The zero-order chi connectivity index (χ0) is 10.3. The first-order valence-electron chi connectivity index (χ1n) is 4.43. The van der Waals surface area contributed by atoms with Gasteiger partial charge in [-0.2, -0.15) is 0 Å². The lowest BCUT2D eigenvalue weighted by atomic mass is 10.0. The molecule has 0 aliphatic heterocycles. The lowest BCUT2D eigenvalue weighted by Gasteiger charge is -2.16. The van der Waals surface area contributed by atoms with Crippen LogP contribution in [0.4, 0.5) is 0 Å². The van der Waals surface area contributed by atoms with Gasteiger partial charge in [0, 0.05) is 6.04 Å². The summed E-state index contributed by atoms with van der Waals surface area (Å²) in [7, 11) is 0. The maximum atomic E-state index is 10.2. The highest BCUT2D eigenvalue weighted by molar-refractivity contribution is 5.67. The maximum absolute atomic E-state index is 10.2. The van der Waals surface area contributed by atoms with Crippen molar-refractivity contribution in [3.63, 3.8) is 0 Å². The normalized spacial score (nSPS) is 15.3. The van der Waals surface area contributed by atoms with Crippen molar-refractivity contribution in [1.29, 1.82) is 0 Å². The van der Waals surface area contributed by atoms with Gasteiger partial charge in [-0.1, -0.05) is 6.42 Å². The number of aliphatic carboxylic acids is 1. The van der Waals surface area contributed by atoms with E-state index in [-0.39, 0.29) is 6.42 Å². The Balaban J connectivity index is 3.56. The molecule has 0 fully saturated rings. The van der Waals surface area contributed by atoms with Gasteiger partial charge in [0.05, 0.1) is 12.5 Å². The zero-order valence-corrected chi connectivity index (χ0v) is 7.65. The number of carboxylic acid groups (broad SMARTS) is 1. The molecule has 0 saturated heterocycles. The van der Waals surface area contributed by atoms with Gasteiger partial charge in [0.15, 0.2) is 0 Å². The second-order valence-electron chi connectivity index (χ2n) is 3.11. The molecule has 5 nitrogen and oxygen atoms in total. The van der Waals surface area contributed by atoms with Crippen LogP contribution in [0.25, 0.3) is 0 Å². The Labute approximate surface area is 77.7 Å². The van der Waals surface area contributed by atoms with Crippen LogP contribution in [0.3, 0.4) is 0 Å². The molecule has 0 unspecified atom stereocenters. The number of carboxylic acids is 1. The molecule has 0 amide bonds. The summed E-state index contributed by atoms with van der Waals surface area (Å²) in [5, 5.41) is 17.6. The van der Waals surface area contributed by atoms with E-state index in [1.165, 1.54) is 0 Å². The van der Waals surface area contributed by atoms with E-state index in [0.717, 1.165) is 12.8 Å². The van der Waals surface area contributed by atoms with Gasteiger partial charge in [-0.15, -0.1) is 0 Å². The summed E-state index contributed by atoms with van der Waals surface area (Å²) < 4.78 is 0. The van der Waals surface area contributed by atoms with E-state index in [4.69, 9.17) is 16.6 Å². The number of aliphatic hydroxyl groups is 1. The van der Waals surface area contributed by atoms with Crippen LogP contribution in [0.15, 0.2) is 0 Å². The summed E-state index contributed by atoms with van der Waals surface area (Å²) in [6.45, 7) is 0.599. The third-order valence-electron chi connectivity index (χ3n) is 1.87. The molecule has 0 radical (unpaired) electrons.